The van der Waals surface area contributed by atoms with Crippen molar-refractivity contribution in [2.45, 2.75) is 26.9 Å². The van der Waals surface area contributed by atoms with E-state index < -0.39 is 0 Å². The quantitative estimate of drug-likeness (QED) is 0.315. The van der Waals surface area contributed by atoms with E-state index in [1.54, 1.807) is 40.4 Å². The summed E-state index contributed by atoms with van der Waals surface area (Å²) in [5.41, 5.74) is 2.41. The van der Waals surface area contributed by atoms with E-state index in [-0.39, 0.29) is 29.8 Å². The highest BCUT2D eigenvalue weighted by Crippen LogP contribution is 2.33. The van der Waals surface area contributed by atoms with Crippen molar-refractivity contribution in [1.82, 2.24) is 10.6 Å². The summed E-state index contributed by atoms with van der Waals surface area (Å²) in [6.45, 7) is 5.34. The van der Waals surface area contributed by atoms with Crippen LogP contribution < -0.4 is 24.8 Å². The van der Waals surface area contributed by atoms with Crippen LogP contribution >= 0.6 is 24.0 Å². The van der Waals surface area contributed by atoms with E-state index >= 15 is 0 Å². The molecule has 2 aromatic carbocycles. The molecule has 0 amide bonds. The van der Waals surface area contributed by atoms with Gasteiger partial charge in [-0.15, -0.1) is 24.0 Å². The van der Waals surface area contributed by atoms with E-state index in [9.17, 15) is 4.39 Å². The molecule has 2 aromatic rings. The lowest BCUT2D eigenvalue weighted by Crippen LogP contribution is -2.37. The molecule has 2 N–H and O–H groups in total. The third kappa shape index (κ3) is 6.95. The lowest BCUT2D eigenvalue weighted by atomic mass is 10.1. The van der Waals surface area contributed by atoms with Crippen LogP contribution in [0.25, 0.3) is 0 Å². The highest BCUT2D eigenvalue weighted by atomic mass is 127. The molecular weight excluding hydrogens is 488 g/mol. The van der Waals surface area contributed by atoms with Gasteiger partial charge in [-0.1, -0.05) is 12.1 Å². The number of hydrogen-bond donors (Lipinski definition) is 2. The third-order valence-corrected chi connectivity index (χ3v) is 4.24. The Hall–Kier alpha value is -2.23. The van der Waals surface area contributed by atoms with Gasteiger partial charge in [-0.05, 0) is 31.0 Å². The Morgan fingerprint density at radius 2 is 1.66 bits per heavy atom. The van der Waals surface area contributed by atoms with E-state index in [0.717, 1.165) is 11.1 Å². The number of ether oxygens (including phenoxy) is 3. The summed E-state index contributed by atoms with van der Waals surface area (Å²) in [4.78, 5) is 4.58. The maximum Gasteiger partial charge on any atom is 0.191 e. The molecule has 0 radical (unpaired) electrons. The van der Waals surface area contributed by atoms with Gasteiger partial charge in [0.2, 0.25) is 0 Å². The van der Waals surface area contributed by atoms with E-state index in [1.807, 2.05) is 19.1 Å². The predicted molar refractivity (Wildman–Crippen MR) is 124 cm³/mol. The topological polar surface area (TPSA) is 64.1 Å². The first-order valence-corrected chi connectivity index (χ1v) is 9.08. The van der Waals surface area contributed by atoms with E-state index in [1.165, 1.54) is 6.07 Å². The first kappa shape index (κ1) is 24.8. The van der Waals surface area contributed by atoms with Gasteiger partial charge in [-0.3, -0.25) is 0 Å². The van der Waals surface area contributed by atoms with Crippen molar-refractivity contribution in [3.63, 3.8) is 0 Å². The fourth-order valence-corrected chi connectivity index (χ4v) is 2.74. The van der Waals surface area contributed by atoms with Crippen LogP contribution in [0.5, 0.6) is 17.2 Å². The normalized spacial score (nSPS) is 10.8. The molecule has 8 heteroatoms. The fraction of sp³-hybridized carbons (Fsp3) is 0.381. The van der Waals surface area contributed by atoms with Crippen LogP contribution in [0.2, 0.25) is 0 Å². The largest absolute Gasteiger partial charge is 0.496 e. The molecule has 0 spiro atoms. The summed E-state index contributed by atoms with van der Waals surface area (Å²) < 4.78 is 29.7. The summed E-state index contributed by atoms with van der Waals surface area (Å²) in [6.07, 6.45) is 0. The van der Waals surface area contributed by atoms with Crippen molar-refractivity contribution >= 4 is 29.9 Å². The van der Waals surface area contributed by atoms with E-state index in [0.29, 0.717) is 48.4 Å². The van der Waals surface area contributed by atoms with Gasteiger partial charge in [-0.25, -0.2) is 9.38 Å². The van der Waals surface area contributed by atoms with Gasteiger partial charge in [-0.2, -0.15) is 0 Å². The van der Waals surface area contributed by atoms with Crippen LogP contribution in [0.3, 0.4) is 0 Å². The van der Waals surface area contributed by atoms with Crippen molar-refractivity contribution in [3.8, 4) is 17.2 Å². The first-order valence-electron chi connectivity index (χ1n) is 9.08. The van der Waals surface area contributed by atoms with Gasteiger partial charge in [0, 0.05) is 18.7 Å². The zero-order chi connectivity index (χ0) is 20.5. The van der Waals surface area contributed by atoms with Crippen LogP contribution in [-0.4, -0.2) is 33.8 Å². The number of benzene rings is 2. The van der Waals surface area contributed by atoms with Gasteiger partial charge >= 0.3 is 0 Å². The van der Waals surface area contributed by atoms with Gasteiger partial charge in [0.15, 0.2) is 5.96 Å². The highest BCUT2D eigenvalue weighted by Gasteiger charge is 2.13. The molecule has 0 aromatic heterocycles. The molecule has 2 rings (SSSR count). The highest BCUT2D eigenvalue weighted by molar-refractivity contribution is 14.0. The molecule has 0 heterocycles. The molecule has 0 aliphatic heterocycles. The second-order valence-corrected chi connectivity index (χ2v) is 6.14. The lowest BCUT2D eigenvalue weighted by Gasteiger charge is -2.17. The number of rotatable bonds is 8. The van der Waals surface area contributed by atoms with Gasteiger partial charge in [0.25, 0.3) is 0 Å². The second kappa shape index (κ2) is 12.4. The molecule has 0 bridgehead atoms. The van der Waals surface area contributed by atoms with Crippen molar-refractivity contribution in [2.24, 2.45) is 4.99 Å². The van der Waals surface area contributed by atoms with Crippen LogP contribution in [0.15, 0.2) is 35.3 Å². The molecule has 0 saturated carbocycles. The average molecular weight is 517 g/mol. The number of guanidine groups is 1. The molecular formula is C21H29FIN3O3. The average Bonchev–Trinajstić information content (AvgIpc) is 2.71. The van der Waals surface area contributed by atoms with Crippen LogP contribution in [-0.2, 0) is 13.1 Å². The van der Waals surface area contributed by atoms with Crippen molar-refractivity contribution < 1.29 is 18.6 Å². The Labute approximate surface area is 188 Å². The number of hydrogen-bond acceptors (Lipinski definition) is 4. The number of methoxy groups -OCH3 is 3. The minimum Gasteiger partial charge on any atom is -0.496 e. The zero-order valence-electron chi connectivity index (χ0n) is 17.5. The molecule has 6 nitrogen and oxygen atoms in total. The molecule has 0 aliphatic rings. The summed E-state index contributed by atoms with van der Waals surface area (Å²) in [6, 6.07) is 8.63. The number of halogens is 2. The molecule has 29 heavy (non-hydrogen) atoms. The Morgan fingerprint density at radius 3 is 2.17 bits per heavy atom. The zero-order valence-corrected chi connectivity index (χ0v) is 19.8. The SMILES string of the molecule is CCNC(=NCc1ccc(F)c(C)c1)NCc1c(OC)cc(OC)cc1OC.I. The molecule has 160 valence electrons. The number of nitrogens with one attached hydrogen (secondary N) is 2. The monoisotopic (exact) mass is 517 g/mol. The standard InChI is InChI=1S/C21H28FN3O3.HI/c1-6-23-21(24-12-15-7-8-18(22)14(2)9-15)25-13-17-19(27-4)10-16(26-3)11-20(17)28-5;/h7-11H,6,12-13H2,1-5H3,(H2,23,24,25);1H. The predicted octanol–water partition coefficient (Wildman–Crippen LogP) is 4.03. The minimum absolute atomic E-state index is 0. The van der Waals surface area contributed by atoms with Crippen LogP contribution in [0, 0.1) is 12.7 Å². The Morgan fingerprint density at radius 1 is 1.00 bits per heavy atom. The van der Waals surface area contributed by atoms with Crippen LogP contribution in [0.1, 0.15) is 23.6 Å². The summed E-state index contributed by atoms with van der Waals surface area (Å²) in [5, 5.41) is 6.49. The minimum atomic E-state index is -0.212. The van der Waals surface area contributed by atoms with Gasteiger partial charge in [0.1, 0.15) is 23.1 Å². The number of aryl methyl sites for hydroxylation is 1. The van der Waals surface area contributed by atoms with Crippen molar-refractivity contribution in [2.75, 3.05) is 27.9 Å². The summed E-state index contributed by atoms with van der Waals surface area (Å²) in [5.74, 6) is 2.41. The second-order valence-electron chi connectivity index (χ2n) is 6.14. The van der Waals surface area contributed by atoms with Crippen molar-refractivity contribution in [3.05, 3.63) is 52.8 Å². The molecule has 0 atom stereocenters. The van der Waals surface area contributed by atoms with Crippen molar-refractivity contribution in [1.29, 1.82) is 0 Å². The smallest absolute Gasteiger partial charge is 0.191 e. The Bertz CT molecular complexity index is 806. The summed E-state index contributed by atoms with van der Waals surface area (Å²) in [7, 11) is 4.81. The molecule has 0 saturated heterocycles. The number of aliphatic imine (C=N–C) groups is 1. The van der Waals surface area contributed by atoms with E-state index in [4.69, 9.17) is 14.2 Å². The fourth-order valence-electron chi connectivity index (χ4n) is 2.74. The van der Waals surface area contributed by atoms with Crippen LogP contribution in [0.4, 0.5) is 4.39 Å². The summed E-state index contributed by atoms with van der Waals surface area (Å²) >= 11 is 0. The third-order valence-electron chi connectivity index (χ3n) is 4.24. The molecule has 0 fully saturated rings. The molecule has 0 aliphatic carbocycles. The Kier molecular flexibility index (Phi) is 10.6. The first-order chi connectivity index (χ1) is 13.5. The molecule has 0 unspecified atom stereocenters. The van der Waals surface area contributed by atoms with Gasteiger partial charge < -0.3 is 24.8 Å². The maximum atomic E-state index is 13.4. The Balaban J connectivity index is 0.00000420. The van der Waals surface area contributed by atoms with E-state index in [2.05, 4.69) is 15.6 Å². The number of nitrogens with zero attached hydrogens (tertiary/aromatic N) is 1. The lowest BCUT2D eigenvalue weighted by molar-refractivity contribution is 0.368. The maximum absolute atomic E-state index is 13.4. The van der Waals surface area contributed by atoms with Gasteiger partial charge in [0.05, 0.1) is 40.0 Å².